The Balaban J connectivity index is 2.38. The Morgan fingerprint density at radius 3 is 2.81 bits per heavy atom. The highest BCUT2D eigenvalue weighted by Gasteiger charge is 2.26. The maximum absolute atomic E-state index is 11.8. The molecule has 0 radical (unpaired) electrons. The molecule has 1 saturated heterocycles. The standard InChI is InChI=1S/C11H22N2O3/c1-8(2)16-7-11(14)13-4-5-15-10(6-13)9(3)12/h8-10H,4-7,12H2,1-3H3. The van der Waals surface area contributed by atoms with Gasteiger partial charge in [-0.2, -0.15) is 0 Å². The summed E-state index contributed by atoms with van der Waals surface area (Å²) in [5.74, 6) is 0.0163. The summed E-state index contributed by atoms with van der Waals surface area (Å²) in [6.45, 7) is 7.61. The van der Waals surface area contributed by atoms with Crippen LogP contribution in [0.3, 0.4) is 0 Å². The molecule has 0 aromatic carbocycles. The predicted molar refractivity (Wildman–Crippen MR) is 61.1 cm³/mol. The molecule has 2 N–H and O–H groups in total. The molecule has 5 heteroatoms. The van der Waals surface area contributed by atoms with E-state index in [0.717, 1.165) is 0 Å². The normalized spacial score (nSPS) is 23.6. The van der Waals surface area contributed by atoms with E-state index in [-0.39, 0.29) is 30.8 Å². The molecule has 1 amide bonds. The average Bonchev–Trinajstić information content (AvgIpc) is 2.26. The van der Waals surface area contributed by atoms with E-state index in [1.165, 1.54) is 0 Å². The molecular formula is C11H22N2O3. The zero-order chi connectivity index (χ0) is 12.1. The van der Waals surface area contributed by atoms with E-state index in [2.05, 4.69) is 0 Å². The van der Waals surface area contributed by atoms with Crippen LogP contribution >= 0.6 is 0 Å². The molecule has 0 bridgehead atoms. The molecule has 0 aromatic rings. The molecule has 1 aliphatic rings. The first-order chi connectivity index (χ1) is 7.50. The summed E-state index contributed by atoms with van der Waals surface area (Å²) in [5, 5.41) is 0. The van der Waals surface area contributed by atoms with Gasteiger partial charge in [0.15, 0.2) is 0 Å². The molecule has 2 unspecified atom stereocenters. The molecule has 94 valence electrons. The van der Waals surface area contributed by atoms with E-state index in [0.29, 0.717) is 19.7 Å². The van der Waals surface area contributed by atoms with Gasteiger partial charge in [0.2, 0.25) is 5.91 Å². The molecule has 2 atom stereocenters. The monoisotopic (exact) mass is 230 g/mol. The Hall–Kier alpha value is -0.650. The van der Waals surface area contributed by atoms with Gasteiger partial charge in [-0.25, -0.2) is 0 Å². The molecule has 0 spiro atoms. The van der Waals surface area contributed by atoms with Crippen molar-refractivity contribution < 1.29 is 14.3 Å². The van der Waals surface area contributed by atoms with Gasteiger partial charge in [0.25, 0.3) is 0 Å². The van der Waals surface area contributed by atoms with Gasteiger partial charge in [0, 0.05) is 19.1 Å². The maximum Gasteiger partial charge on any atom is 0.248 e. The molecular weight excluding hydrogens is 208 g/mol. The van der Waals surface area contributed by atoms with E-state index >= 15 is 0 Å². The zero-order valence-corrected chi connectivity index (χ0v) is 10.3. The highest BCUT2D eigenvalue weighted by molar-refractivity contribution is 5.77. The SMILES string of the molecule is CC(C)OCC(=O)N1CCOC(C(C)N)C1. The third kappa shape index (κ3) is 4.08. The number of carbonyl (C=O) groups excluding carboxylic acids is 1. The molecule has 1 rings (SSSR count). The third-order valence-corrected chi connectivity index (χ3v) is 2.57. The fraction of sp³-hybridized carbons (Fsp3) is 0.909. The zero-order valence-electron chi connectivity index (χ0n) is 10.3. The van der Waals surface area contributed by atoms with Crippen molar-refractivity contribution in [1.29, 1.82) is 0 Å². The van der Waals surface area contributed by atoms with Gasteiger partial charge in [0.1, 0.15) is 6.61 Å². The van der Waals surface area contributed by atoms with E-state index < -0.39 is 0 Å². The van der Waals surface area contributed by atoms with E-state index in [4.69, 9.17) is 15.2 Å². The molecule has 5 nitrogen and oxygen atoms in total. The summed E-state index contributed by atoms with van der Waals surface area (Å²) in [5.41, 5.74) is 5.76. The molecule has 0 saturated carbocycles. The number of hydrogen-bond acceptors (Lipinski definition) is 4. The average molecular weight is 230 g/mol. The second-order valence-corrected chi connectivity index (χ2v) is 4.47. The minimum atomic E-state index is -0.0586. The second kappa shape index (κ2) is 6.18. The Kier molecular flexibility index (Phi) is 5.18. The van der Waals surface area contributed by atoms with Crippen LogP contribution in [0.4, 0.5) is 0 Å². The lowest BCUT2D eigenvalue weighted by Crippen LogP contribution is -2.52. The Morgan fingerprint density at radius 2 is 2.25 bits per heavy atom. The van der Waals surface area contributed by atoms with Gasteiger partial charge < -0.3 is 20.1 Å². The van der Waals surface area contributed by atoms with Crippen molar-refractivity contribution in [3.05, 3.63) is 0 Å². The fourth-order valence-corrected chi connectivity index (χ4v) is 1.55. The van der Waals surface area contributed by atoms with Gasteiger partial charge in [-0.05, 0) is 20.8 Å². The molecule has 0 aromatic heterocycles. The first-order valence-corrected chi connectivity index (χ1v) is 5.77. The van der Waals surface area contributed by atoms with Crippen molar-refractivity contribution >= 4 is 5.91 Å². The first-order valence-electron chi connectivity index (χ1n) is 5.77. The van der Waals surface area contributed by atoms with Crippen LogP contribution in [0.15, 0.2) is 0 Å². The van der Waals surface area contributed by atoms with Crippen LogP contribution in [-0.4, -0.2) is 55.4 Å². The van der Waals surface area contributed by atoms with Crippen LogP contribution in [0.25, 0.3) is 0 Å². The van der Waals surface area contributed by atoms with Crippen LogP contribution in [0, 0.1) is 0 Å². The van der Waals surface area contributed by atoms with Crippen molar-refractivity contribution in [2.24, 2.45) is 5.73 Å². The first kappa shape index (κ1) is 13.4. The molecule has 1 fully saturated rings. The molecule has 1 heterocycles. The van der Waals surface area contributed by atoms with Gasteiger partial charge >= 0.3 is 0 Å². The van der Waals surface area contributed by atoms with Gasteiger partial charge in [-0.15, -0.1) is 0 Å². The van der Waals surface area contributed by atoms with Gasteiger partial charge in [-0.3, -0.25) is 4.79 Å². The number of nitrogens with zero attached hydrogens (tertiary/aromatic N) is 1. The second-order valence-electron chi connectivity index (χ2n) is 4.47. The van der Waals surface area contributed by atoms with Crippen molar-refractivity contribution in [2.45, 2.75) is 39.0 Å². The highest BCUT2D eigenvalue weighted by atomic mass is 16.5. The van der Waals surface area contributed by atoms with E-state index in [1.807, 2.05) is 20.8 Å². The molecule has 1 aliphatic heterocycles. The van der Waals surface area contributed by atoms with Crippen LogP contribution in [0.5, 0.6) is 0 Å². The Labute approximate surface area is 96.9 Å². The number of ether oxygens (including phenoxy) is 2. The van der Waals surface area contributed by atoms with Crippen molar-refractivity contribution in [2.75, 3.05) is 26.3 Å². The largest absolute Gasteiger partial charge is 0.373 e. The predicted octanol–water partition coefficient (Wildman–Crippen LogP) is -0.0140. The number of morpholine rings is 1. The smallest absolute Gasteiger partial charge is 0.248 e. The van der Waals surface area contributed by atoms with Crippen molar-refractivity contribution in [1.82, 2.24) is 4.90 Å². The third-order valence-electron chi connectivity index (χ3n) is 2.57. The summed E-state index contributed by atoms with van der Waals surface area (Å²) in [4.78, 5) is 13.5. The van der Waals surface area contributed by atoms with Crippen LogP contribution in [-0.2, 0) is 14.3 Å². The van der Waals surface area contributed by atoms with E-state index in [9.17, 15) is 4.79 Å². The number of rotatable bonds is 4. The number of hydrogen-bond donors (Lipinski definition) is 1. The van der Waals surface area contributed by atoms with E-state index in [1.54, 1.807) is 4.90 Å². The van der Waals surface area contributed by atoms with Crippen molar-refractivity contribution in [3.63, 3.8) is 0 Å². The number of amides is 1. The number of carbonyl (C=O) groups is 1. The Bertz CT molecular complexity index is 231. The lowest BCUT2D eigenvalue weighted by molar-refractivity contribution is -0.145. The molecule has 16 heavy (non-hydrogen) atoms. The van der Waals surface area contributed by atoms with Gasteiger partial charge in [0.05, 0.1) is 18.8 Å². The topological polar surface area (TPSA) is 64.8 Å². The quantitative estimate of drug-likeness (QED) is 0.737. The van der Waals surface area contributed by atoms with Crippen molar-refractivity contribution in [3.8, 4) is 0 Å². The number of nitrogens with two attached hydrogens (primary N) is 1. The van der Waals surface area contributed by atoms with Crippen LogP contribution < -0.4 is 5.73 Å². The van der Waals surface area contributed by atoms with Crippen LogP contribution in [0.2, 0.25) is 0 Å². The summed E-state index contributed by atoms with van der Waals surface area (Å²) in [6.07, 6.45) is 0.0194. The summed E-state index contributed by atoms with van der Waals surface area (Å²) in [7, 11) is 0. The Morgan fingerprint density at radius 1 is 1.56 bits per heavy atom. The lowest BCUT2D eigenvalue weighted by Gasteiger charge is -2.34. The maximum atomic E-state index is 11.8. The summed E-state index contributed by atoms with van der Waals surface area (Å²) < 4.78 is 10.8. The highest BCUT2D eigenvalue weighted by Crippen LogP contribution is 2.08. The lowest BCUT2D eigenvalue weighted by atomic mass is 10.1. The summed E-state index contributed by atoms with van der Waals surface area (Å²) in [6, 6.07) is -0.0541. The minimum absolute atomic E-state index is 0.0163. The fourth-order valence-electron chi connectivity index (χ4n) is 1.55. The minimum Gasteiger partial charge on any atom is -0.373 e. The molecule has 0 aliphatic carbocycles. The summed E-state index contributed by atoms with van der Waals surface area (Å²) >= 11 is 0. The van der Waals surface area contributed by atoms with Gasteiger partial charge in [-0.1, -0.05) is 0 Å². The van der Waals surface area contributed by atoms with Crippen LogP contribution in [0.1, 0.15) is 20.8 Å².